The zero-order valence-electron chi connectivity index (χ0n) is 18.9. The lowest BCUT2D eigenvalue weighted by Gasteiger charge is -2.41. The molecule has 6 heteroatoms. The smallest absolute Gasteiger partial charge is 0.327 e. The molecule has 0 spiro atoms. The van der Waals surface area contributed by atoms with Gasteiger partial charge in [-0.05, 0) is 48.6 Å². The number of aliphatic carboxylic acids is 1. The fraction of sp³-hybridized carbons (Fsp3) is 0.850. The molecule has 0 bridgehead atoms. The molecule has 0 aliphatic rings. The normalized spacial score (nSPS) is 16.7. The molecule has 0 amide bonds. The molecule has 0 aliphatic carbocycles. The van der Waals surface area contributed by atoms with Gasteiger partial charge in [0.25, 0.3) is 0 Å². The summed E-state index contributed by atoms with van der Waals surface area (Å²) in [5, 5.41) is 9.23. The quantitative estimate of drug-likeness (QED) is 0.376. The van der Waals surface area contributed by atoms with Gasteiger partial charge in [-0.2, -0.15) is 0 Å². The minimum absolute atomic E-state index is 0.0308. The second kappa shape index (κ2) is 9.17. The first-order valence-corrected chi connectivity index (χ1v) is 15.5. The first kappa shape index (κ1) is 25.6. The number of carboxylic acid groups (broad SMARTS) is 1. The third-order valence-electron chi connectivity index (χ3n) is 6.05. The van der Waals surface area contributed by atoms with Crippen molar-refractivity contribution >= 4 is 22.6 Å². The fourth-order valence-corrected chi connectivity index (χ4v) is 4.49. The lowest BCUT2D eigenvalue weighted by Crippen LogP contribution is -2.46. The highest BCUT2D eigenvalue weighted by Crippen LogP contribution is 2.39. The second-order valence-electron chi connectivity index (χ2n) is 10.4. The molecule has 0 saturated carbocycles. The van der Waals surface area contributed by atoms with Gasteiger partial charge in [0.2, 0.25) is 0 Å². The van der Waals surface area contributed by atoms with Crippen molar-refractivity contribution in [3.8, 4) is 0 Å². The van der Waals surface area contributed by atoms with Crippen molar-refractivity contribution in [3.05, 3.63) is 12.2 Å². The van der Waals surface area contributed by atoms with Crippen molar-refractivity contribution in [1.82, 2.24) is 0 Å². The summed E-state index contributed by atoms with van der Waals surface area (Å²) in [7, 11) is -3.74. The van der Waals surface area contributed by atoms with Crippen LogP contribution < -0.4 is 0 Å². The summed E-state index contributed by atoms with van der Waals surface area (Å²) in [6, 6.07) is 0. The molecule has 26 heavy (non-hydrogen) atoms. The summed E-state index contributed by atoms with van der Waals surface area (Å²) in [6.45, 7) is 25.0. The third-order valence-corrected chi connectivity index (χ3v) is 15.1. The van der Waals surface area contributed by atoms with E-state index in [9.17, 15) is 4.79 Å². The van der Waals surface area contributed by atoms with Gasteiger partial charge in [-0.1, -0.05) is 54.5 Å². The first-order valence-electron chi connectivity index (χ1n) is 9.63. The minimum Gasteiger partial charge on any atom is -0.478 e. The number of rotatable bonds is 9. The van der Waals surface area contributed by atoms with Gasteiger partial charge in [-0.3, -0.25) is 0 Å². The molecule has 0 unspecified atom stereocenters. The highest BCUT2D eigenvalue weighted by molar-refractivity contribution is 6.74. The monoisotopic (exact) mass is 402 g/mol. The van der Waals surface area contributed by atoms with Gasteiger partial charge in [0.05, 0.1) is 6.10 Å². The van der Waals surface area contributed by atoms with Crippen molar-refractivity contribution in [2.24, 2.45) is 5.92 Å². The van der Waals surface area contributed by atoms with Gasteiger partial charge in [0.1, 0.15) is 0 Å². The van der Waals surface area contributed by atoms with Crippen LogP contribution in [0.2, 0.25) is 36.3 Å². The van der Waals surface area contributed by atoms with Crippen molar-refractivity contribution in [1.29, 1.82) is 0 Å². The predicted molar refractivity (Wildman–Crippen MR) is 116 cm³/mol. The molecule has 4 nitrogen and oxygen atoms in total. The van der Waals surface area contributed by atoms with Gasteiger partial charge in [0.15, 0.2) is 16.6 Å². The van der Waals surface area contributed by atoms with Crippen molar-refractivity contribution < 1.29 is 18.8 Å². The molecule has 0 heterocycles. The van der Waals surface area contributed by atoms with E-state index in [1.165, 1.54) is 6.08 Å². The van der Waals surface area contributed by atoms with E-state index < -0.39 is 22.6 Å². The molecule has 0 radical (unpaired) electrons. The maximum Gasteiger partial charge on any atom is 0.327 e. The standard InChI is InChI=1S/C20H42O4Si2/c1-16(12-13-18(21)22)17(24-26(10,11)20(5,6)7)14-15-23-25(8,9)19(2,3)4/h12-13,16-17H,14-15H2,1-11H3,(H,21,22)/t16-,17+/m1/s1. The van der Waals surface area contributed by atoms with E-state index in [1.807, 2.05) is 6.92 Å². The molecule has 0 aromatic heterocycles. The Kier molecular flexibility index (Phi) is 9.02. The third kappa shape index (κ3) is 8.07. The molecular weight excluding hydrogens is 360 g/mol. The molecule has 0 aromatic rings. The van der Waals surface area contributed by atoms with Crippen LogP contribution in [-0.2, 0) is 13.6 Å². The molecule has 0 aliphatic heterocycles. The highest BCUT2D eigenvalue weighted by Gasteiger charge is 2.41. The van der Waals surface area contributed by atoms with Crippen LogP contribution in [0.4, 0.5) is 0 Å². The second-order valence-corrected chi connectivity index (χ2v) is 19.9. The van der Waals surface area contributed by atoms with E-state index in [1.54, 1.807) is 6.08 Å². The van der Waals surface area contributed by atoms with E-state index in [0.717, 1.165) is 6.42 Å². The van der Waals surface area contributed by atoms with E-state index in [0.29, 0.717) is 6.61 Å². The SMILES string of the molecule is C[C@H](C=CC(=O)O)[C@H](CCO[Si](C)(C)C(C)(C)C)O[Si](C)(C)C(C)(C)C. The van der Waals surface area contributed by atoms with Crippen LogP contribution >= 0.6 is 0 Å². The summed E-state index contributed by atoms with van der Waals surface area (Å²) in [5.41, 5.74) is 0. The van der Waals surface area contributed by atoms with Crippen LogP contribution in [0.25, 0.3) is 0 Å². The van der Waals surface area contributed by atoms with Gasteiger partial charge in [-0.25, -0.2) is 4.79 Å². The molecular formula is C20H42O4Si2. The van der Waals surface area contributed by atoms with Crippen molar-refractivity contribution in [2.75, 3.05) is 6.61 Å². The van der Waals surface area contributed by atoms with Crippen molar-refractivity contribution in [3.63, 3.8) is 0 Å². The van der Waals surface area contributed by atoms with Crippen molar-refractivity contribution in [2.45, 2.75) is 97.3 Å². The Morgan fingerprint density at radius 3 is 1.85 bits per heavy atom. The molecule has 154 valence electrons. The largest absolute Gasteiger partial charge is 0.478 e. The zero-order valence-corrected chi connectivity index (χ0v) is 20.9. The Balaban J connectivity index is 5.20. The van der Waals surface area contributed by atoms with Gasteiger partial charge in [-0.15, -0.1) is 0 Å². The summed E-state index contributed by atoms with van der Waals surface area (Å²) in [5.74, 6) is -0.885. The highest BCUT2D eigenvalue weighted by atomic mass is 28.4. The number of hydrogen-bond acceptors (Lipinski definition) is 3. The van der Waals surface area contributed by atoms with E-state index in [2.05, 4.69) is 67.7 Å². The van der Waals surface area contributed by atoms with E-state index >= 15 is 0 Å². The van der Waals surface area contributed by atoms with E-state index in [-0.39, 0.29) is 22.1 Å². The number of carboxylic acids is 1. The zero-order chi connectivity index (χ0) is 21.0. The van der Waals surface area contributed by atoms with Crippen LogP contribution in [0.3, 0.4) is 0 Å². The average molecular weight is 403 g/mol. The van der Waals surface area contributed by atoms with Crippen LogP contribution in [0.5, 0.6) is 0 Å². The van der Waals surface area contributed by atoms with Gasteiger partial charge in [0, 0.05) is 12.7 Å². The average Bonchev–Trinajstić information content (AvgIpc) is 2.40. The Hall–Kier alpha value is -0.436. The Labute approximate surface area is 163 Å². The summed E-state index contributed by atoms with van der Waals surface area (Å²) < 4.78 is 13.0. The van der Waals surface area contributed by atoms with Crippen LogP contribution in [0.15, 0.2) is 12.2 Å². The molecule has 2 atom stereocenters. The Morgan fingerprint density at radius 1 is 1.00 bits per heavy atom. The van der Waals surface area contributed by atoms with E-state index in [4.69, 9.17) is 14.0 Å². The Bertz CT molecular complexity index is 485. The van der Waals surface area contributed by atoms with Crippen LogP contribution in [0.1, 0.15) is 54.9 Å². The predicted octanol–water partition coefficient (Wildman–Crippen LogP) is 6.07. The molecule has 1 N–H and O–H groups in total. The number of hydrogen-bond donors (Lipinski definition) is 1. The lowest BCUT2D eigenvalue weighted by atomic mass is 10.0. The molecule has 0 aromatic carbocycles. The number of carbonyl (C=O) groups is 1. The maximum atomic E-state index is 10.9. The summed E-state index contributed by atoms with van der Waals surface area (Å²) in [6.07, 6.45) is 3.72. The van der Waals surface area contributed by atoms with Crippen LogP contribution in [-0.4, -0.2) is 40.4 Å². The van der Waals surface area contributed by atoms with Crippen LogP contribution in [0, 0.1) is 5.92 Å². The molecule has 0 fully saturated rings. The summed E-state index contributed by atoms with van der Waals surface area (Å²) in [4.78, 5) is 10.9. The Morgan fingerprint density at radius 2 is 1.46 bits per heavy atom. The maximum absolute atomic E-state index is 10.9. The van der Waals surface area contributed by atoms with Gasteiger partial charge >= 0.3 is 5.97 Å². The minimum atomic E-state index is -1.95. The molecule has 0 saturated heterocycles. The lowest BCUT2D eigenvalue weighted by molar-refractivity contribution is -0.131. The fourth-order valence-electron chi connectivity index (χ4n) is 1.99. The first-order chi connectivity index (χ1) is 11.4. The van der Waals surface area contributed by atoms with Gasteiger partial charge < -0.3 is 14.0 Å². The molecule has 0 rings (SSSR count). The topological polar surface area (TPSA) is 55.8 Å². The summed E-state index contributed by atoms with van der Waals surface area (Å²) >= 11 is 0.